The molecule has 6 nitrogen and oxygen atoms in total. The van der Waals surface area contributed by atoms with E-state index in [9.17, 15) is 14.7 Å². The van der Waals surface area contributed by atoms with Gasteiger partial charge in [-0.05, 0) is 80.5 Å². The molecule has 9 atom stereocenters. The Labute approximate surface area is 314 Å². The van der Waals surface area contributed by atoms with Gasteiger partial charge in [-0.1, -0.05) is 54.6 Å². The van der Waals surface area contributed by atoms with Crippen LogP contribution >= 0.6 is 35.1 Å². The van der Waals surface area contributed by atoms with Crippen LogP contribution in [0, 0.1) is 29.2 Å². The predicted octanol–water partition coefficient (Wildman–Crippen LogP) is 8.16. The van der Waals surface area contributed by atoms with Crippen molar-refractivity contribution in [2.45, 2.75) is 86.9 Å². The van der Waals surface area contributed by atoms with Crippen molar-refractivity contribution in [1.82, 2.24) is 0 Å². The molecular formula is C37H40ClFNO5S2Sc-. The van der Waals surface area contributed by atoms with Crippen LogP contribution in [0.25, 0.3) is 0 Å². The molecule has 2 N–H and O–H groups in total. The summed E-state index contributed by atoms with van der Waals surface area (Å²) in [6.45, 7) is 7.62. The molecule has 1 heterocycles. The largest absolute Gasteiger partial charge is 0.535 e. The van der Waals surface area contributed by atoms with Gasteiger partial charge in [0.25, 0.3) is 0 Å². The maximum atomic E-state index is 17.7. The first kappa shape index (κ1) is 36.5. The summed E-state index contributed by atoms with van der Waals surface area (Å²) >= 11 is 8.84. The van der Waals surface area contributed by atoms with Crippen molar-refractivity contribution in [3.63, 3.8) is 0 Å². The number of carbonyl (C=O) groups excluding carboxylic acids is 2. The number of alkyl halides is 2. The van der Waals surface area contributed by atoms with Crippen LogP contribution in [0.4, 0.5) is 10.1 Å². The third kappa shape index (κ3) is 5.50. The molecule has 1 radical (unpaired) electrons. The zero-order valence-corrected chi connectivity index (χ0v) is 31.5. The number of hydrogen-bond acceptors (Lipinski definition) is 8. The molecule has 0 spiro atoms. The molecule has 4 fully saturated rings. The molecule has 7 rings (SSSR count). The van der Waals surface area contributed by atoms with Gasteiger partial charge in [0.2, 0.25) is 5.12 Å². The monoisotopic (exact) mass is 741 g/mol. The van der Waals surface area contributed by atoms with E-state index in [0.717, 1.165) is 39.9 Å². The second-order valence-electron chi connectivity index (χ2n) is 13.8. The fraction of sp³-hybridized carbons (Fsp3) is 0.486. The van der Waals surface area contributed by atoms with E-state index in [-0.39, 0.29) is 54.3 Å². The quantitative estimate of drug-likeness (QED) is 0.159. The minimum Gasteiger partial charge on any atom is -0.535 e. The SMILES string of the molecule is C[CH-]Nc1ccc(SCc2ccc([C@@H]3O[C@@H]4C[C@H]5[C@@H]6CCC7=CC(=O)C=C[C@]7(C)[C@@]6(F)[C@@H](O)C[C@]5(C)[C@]4(C(=O)SCCl)O3)cc2)cc1.[Sc]. The fourth-order valence-electron chi connectivity index (χ4n) is 9.36. The zero-order chi connectivity index (χ0) is 33.2. The smallest absolute Gasteiger partial charge is 0.225 e. The van der Waals surface area contributed by atoms with Gasteiger partial charge in [0, 0.05) is 64.5 Å². The predicted molar refractivity (Wildman–Crippen MR) is 185 cm³/mol. The maximum absolute atomic E-state index is 17.7. The van der Waals surface area contributed by atoms with Gasteiger partial charge >= 0.3 is 0 Å². The van der Waals surface area contributed by atoms with Crippen molar-refractivity contribution in [3.05, 3.63) is 90.0 Å². The number of thioether (sulfide) groups is 2. The van der Waals surface area contributed by atoms with Crippen molar-refractivity contribution in [1.29, 1.82) is 0 Å². The summed E-state index contributed by atoms with van der Waals surface area (Å²) in [6.07, 6.45) is 3.31. The van der Waals surface area contributed by atoms with Gasteiger partial charge in [0.15, 0.2) is 23.3 Å². The van der Waals surface area contributed by atoms with Crippen LogP contribution in [0.3, 0.4) is 0 Å². The van der Waals surface area contributed by atoms with Crippen molar-refractivity contribution < 1.29 is 54.4 Å². The molecule has 4 aliphatic carbocycles. The third-order valence-electron chi connectivity index (χ3n) is 11.7. The number of hydrogen-bond donors (Lipinski definition) is 2. The van der Waals surface area contributed by atoms with E-state index in [2.05, 4.69) is 41.7 Å². The average molecular weight is 742 g/mol. The van der Waals surface area contributed by atoms with E-state index in [0.29, 0.717) is 19.3 Å². The molecule has 1 saturated heterocycles. The van der Waals surface area contributed by atoms with E-state index in [4.69, 9.17) is 21.1 Å². The van der Waals surface area contributed by atoms with Gasteiger partial charge < -0.3 is 19.9 Å². The van der Waals surface area contributed by atoms with E-state index in [1.807, 2.05) is 32.5 Å². The van der Waals surface area contributed by atoms with Crippen LogP contribution in [0.1, 0.15) is 63.9 Å². The van der Waals surface area contributed by atoms with Crippen molar-refractivity contribution in [2.75, 3.05) is 10.5 Å². The molecule has 2 aromatic rings. The number of halogens is 2. The maximum Gasteiger partial charge on any atom is 0.225 e. The van der Waals surface area contributed by atoms with Gasteiger partial charge in [-0.2, -0.15) is 6.92 Å². The summed E-state index contributed by atoms with van der Waals surface area (Å²) in [5, 5.41) is 14.8. The fourth-order valence-corrected chi connectivity index (χ4v) is 11.2. The molecule has 11 heteroatoms. The minimum atomic E-state index is -2.00. The first-order valence-electron chi connectivity index (χ1n) is 16.2. The van der Waals surface area contributed by atoms with Gasteiger partial charge in [-0.25, -0.2) is 10.9 Å². The number of aliphatic hydroxyl groups excluding tert-OH is 1. The summed E-state index contributed by atoms with van der Waals surface area (Å²) in [7, 11) is 0. The van der Waals surface area contributed by atoms with Crippen LogP contribution < -0.4 is 5.32 Å². The minimum absolute atomic E-state index is 0. The second kappa shape index (κ2) is 13.7. The molecule has 48 heavy (non-hydrogen) atoms. The summed E-state index contributed by atoms with van der Waals surface area (Å²) in [5.41, 5.74) is -1.68. The molecule has 0 bridgehead atoms. The van der Waals surface area contributed by atoms with E-state index in [1.165, 1.54) is 17.0 Å². The number of benzene rings is 2. The zero-order valence-electron chi connectivity index (χ0n) is 27.3. The first-order valence-corrected chi connectivity index (χ1v) is 18.7. The Morgan fingerprint density at radius 1 is 1.15 bits per heavy atom. The summed E-state index contributed by atoms with van der Waals surface area (Å²) in [4.78, 5) is 27.5. The number of fused-ring (bicyclic) bond motifs is 7. The Hall–Kier alpha value is -1.27. The van der Waals surface area contributed by atoms with E-state index < -0.39 is 46.5 Å². The Kier molecular flexibility index (Phi) is 10.4. The van der Waals surface area contributed by atoms with E-state index >= 15 is 4.39 Å². The van der Waals surface area contributed by atoms with Crippen LogP contribution in [-0.2, 0) is 50.7 Å². The molecule has 3 saturated carbocycles. The average Bonchev–Trinajstić information content (AvgIpc) is 3.56. The van der Waals surface area contributed by atoms with Crippen LogP contribution in [0.15, 0.2) is 77.2 Å². The first-order chi connectivity index (χ1) is 22.5. The number of ether oxygens (including phenoxy) is 2. The van der Waals surface area contributed by atoms with Crippen LogP contribution in [-0.4, -0.2) is 44.7 Å². The van der Waals surface area contributed by atoms with Gasteiger partial charge in [0.05, 0.1) is 17.4 Å². The Morgan fingerprint density at radius 2 is 1.88 bits per heavy atom. The number of carbonyl (C=O) groups is 2. The van der Waals surface area contributed by atoms with Crippen molar-refractivity contribution in [3.8, 4) is 0 Å². The number of rotatable bonds is 8. The third-order valence-corrected chi connectivity index (χ3v) is 13.8. The summed E-state index contributed by atoms with van der Waals surface area (Å²) in [5.74, 6) is -0.191. The molecule has 0 unspecified atom stereocenters. The Morgan fingerprint density at radius 3 is 2.56 bits per heavy atom. The van der Waals surface area contributed by atoms with Gasteiger partial charge in [-0.15, -0.1) is 23.4 Å². The number of allylic oxidation sites excluding steroid dienone is 4. The van der Waals surface area contributed by atoms with Crippen molar-refractivity contribution >= 4 is 51.7 Å². The number of ketones is 1. The molecular weight excluding hydrogens is 702 g/mol. The molecule has 2 aromatic carbocycles. The molecule has 253 valence electrons. The van der Waals surface area contributed by atoms with Gasteiger partial charge in [-0.3, -0.25) is 9.59 Å². The normalized spacial score (nSPS) is 37.8. The molecule has 0 amide bonds. The Balaban J connectivity index is 0.00000401. The van der Waals surface area contributed by atoms with Crippen LogP contribution in [0.2, 0.25) is 0 Å². The number of nitrogens with one attached hydrogen (secondary N) is 1. The number of aliphatic hydroxyl groups is 1. The number of anilines is 1. The molecule has 0 aromatic heterocycles. The standard InChI is InChI=1S/C37H40ClFNO5S2.Sc/c1-4-40-25-10-12-27(13-11-25)46-20-22-5-7-23(8-6-22)32-44-31-18-29-28-14-9-24-17-26(41)15-16-34(24,2)36(28,39)30(42)19-35(29,3)37(31,45-32)33(43)47-21-38;/h4-8,10-13,15-17,28-32,40,42H,9,14,18-21H2,1-3H3;/q-1;/t28-,29-,30-,31+,32+,34-,35-,36-,37-;/m0./s1. The Bertz CT molecular complexity index is 1630. The second-order valence-corrected chi connectivity index (χ2v) is 16.4. The van der Waals surface area contributed by atoms with Crippen LogP contribution in [0.5, 0.6) is 0 Å². The summed E-state index contributed by atoms with van der Waals surface area (Å²) in [6, 6.07) is 16.4. The summed E-state index contributed by atoms with van der Waals surface area (Å²) < 4.78 is 31.1. The van der Waals surface area contributed by atoms with E-state index in [1.54, 1.807) is 24.8 Å². The van der Waals surface area contributed by atoms with Crippen molar-refractivity contribution in [2.24, 2.45) is 22.7 Å². The topological polar surface area (TPSA) is 84.9 Å². The molecule has 1 aliphatic heterocycles. The molecule has 5 aliphatic rings. The van der Waals surface area contributed by atoms with Gasteiger partial charge in [0.1, 0.15) is 0 Å².